The van der Waals surface area contributed by atoms with Gasteiger partial charge in [-0.15, -0.1) is 0 Å². The Balaban J connectivity index is 1.14. The lowest BCUT2D eigenvalue weighted by atomic mass is 9.67. The summed E-state index contributed by atoms with van der Waals surface area (Å²) in [5.74, 6) is -0.898. The molecule has 2 aromatic rings. The summed E-state index contributed by atoms with van der Waals surface area (Å²) >= 11 is 0. The summed E-state index contributed by atoms with van der Waals surface area (Å²) in [5, 5.41) is 0. The van der Waals surface area contributed by atoms with Crippen LogP contribution in [-0.4, -0.2) is 78.3 Å². The maximum atomic E-state index is 15.1. The number of halogens is 4. The highest BCUT2D eigenvalue weighted by Crippen LogP contribution is 2.53. The quantitative estimate of drug-likeness (QED) is 0.282. The number of piperidine rings is 1. The Morgan fingerprint density at radius 2 is 1.79 bits per heavy atom. The van der Waals surface area contributed by atoms with Gasteiger partial charge in [-0.1, -0.05) is 12.5 Å². The van der Waals surface area contributed by atoms with Crippen LogP contribution in [0.1, 0.15) is 62.2 Å². The van der Waals surface area contributed by atoms with Gasteiger partial charge in [0, 0.05) is 42.0 Å². The molecule has 0 N–H and O–H groups in total. The van der Waals surface area contributed by atoms with Crippen LogP contribution in [0.2, 0.25) is 0 Å². The molecule has 3 fully saturated rings. The Hall–Kier alpha value is -3.21. The van der Waals surface area contributed by atoms with E-state index < -0.39 is 34.8 Å². The van der Waals surface area contributed by atoms with Crippen LogP contribution in [0.5, 0.6) is 5.88 Å². The molecule has 2 saturated heterocycles. The summed E-state index contributed by atoms with van der Waals surface area (Å²) in [6.07, 6.45) is 1.11. The van der Waals surface area contributed by atoms with E-state index >= 15 is 4.39 Å². The lowest BCUT2D eigenvalue weighted by molar-refractivity contribution is -0.256. The highest BCUT2D eigenvalue weighted by Gasteiger charge is 2.58. The lowest BCUT2D eigenvalue weighted by Gasteiger charge is -2.47. The van der Waals surface area contributed by atoms with Crippen molar-refractivity contribution in [1.29, 1.82) is 0 Å². The summed E-state index contributed by atoms with van der Waals surface area (Å²) in [6, 6.07) is 7.57. The van der Waals surface area contributed by atoms with Gasteiger partial charge in [-0.05, 0) is 82.7 Å². The third kappa shape index (κ3) is 5.85. The first kappa shape index (κ1) is 30.3. The molecule has 5 rings (SSSR count). The average Bonchev–Trinajstić information content (AvgIpc) is 3.35. The second-order valence-corrected chi connectivity index (χ2v) is 12.1. The predicted octanol–water partition coefficient (Wildman–Crippen LogP) is 5.88. The maximum absolute atomic E-state index is 15.1. The van der Waals surface area contributed by atoms with Crippen LogP contribution in [0.4, 0.5) is 17.6 Å². The van der Waals surface area contributed by atoms with Gasteiger partial charge in [0.1, 0.15) is 11.4 Å². The lowest BCUT2D eigenvalue weighted by Crippen LogP contribution is -2.53. The van der Waals surface area contributed by atoms with Crippen LogP contribution in [0.15, 0.2) is 36.5 Å². The number of hydrogen-bond donors (Lipinski definition) is 0. The molecule has 1 aromatic heterocycles. The van der Waals surface area contributed by atoms with E-state index in [0.29, 0.717) is 56.9 Å². The number of nitrogens with zero attached hydrogens (tertiary/aromatic N) is 3. The van der Waals surface area contributed by atoms with Crippen molar-refractivity contribution in [2.24, 2.45) is 11.3 Å². The summed E-state index contributed by atoms with van der Waals surface area (Å²) in [6.45, 7) is 3.79. The topological polar surface area (TPSA) is 72.0 Å². The minimum Gasteiger partial charge on any atom is -0.477 e. The number of esters is 1. The smallest absolute Gasteiger partial charge is 0.395 e. The van der Waals surface area contributed by atoms with Crippen molar-refractivity contribution in [3.63, 3.8) is 0 Å². The molecular weight excluding hydrogens is 554 g/mol. The van der Waals surface area contributed by atoms with Crippen LogP contribution in [0, 0.1) is 17.2 Å². The molecule has 1 saturated carbocycles. The van der Waals surface area contributed by atoms with Crippen LogP contribution in [0.3, 0.4) is 0 Å². The SMILES string of the molecule is COC(=O)C1(C)CCCN1C(=O)c1ccc(-c2ccc(OCC3CCN(CC4(C(F)(F)F)CCC4)CC3)nc2)c(F)c1. The molecule has 1 amide bonds. The van der Waals surface area contributed by atoms with Crippen molar-refractivity contribution in [2.45, 2.75) is 63.6 Å². The first-order valence-corrected chi connectivity index (χ1v) is 14.5. The summed E-state index contributed by atoms with van der Waals surface area (Å²) < 4.78 is 66.4. The zero-order chi connectivity index (χ0) is 30.1. The van der Waals surface area contributed by atoms with Gasteiger partial charge in [0.05, 0.1) is 19.1 Å². The molecule has 0 bridgehead atoms. The zero-order valence-corrected chi connectivity index (χ0v) is 24.0. The van der Waals surface area contributed by atoms with E-state index in [0.717, 1.165) is 12.8 Å². The number of methoxy groups -OCH3 is 1. The number of hydrogen-bond acceptors (Lipinski definition) is 6. The summed E-state index contributed by atoms with van der Waals surface area (Å²) in [4.78, 5) is 33.1. The monoisotopic (exact) mass is 591 g/mol. The standard InChI is InChI=1S/C31H37F4N3O4/c1-29(28(40)41-2)11-4-14-38(29)27(39)22-5-7-24(25(32)17-22)23-6-8-26(36-18-23)42-19-21-9-15-37(16-10-21)20-30(12-3-13-30)31(33,34)35/h5-8,17-18,21H,3-4,9-16,19-20H2,1-2H3. The second-order valence-electron chi connectivity index (χ2n) is 12.1. The van der Waals surface area contributed by atoms with Crippen molar-refractivity contribution in [3.8, 4) is 17.0 Å². The molecule has 1 aromatic carbocycles. The van der Waals surface area contributed by atoms with Gasteiger partial charge in [0.2, 0.25) is 5.88 Å². The number of pyridine rings is 1. The van der Waals surface area contributed by atoms with E-state index in [2.05, 4.69) is 4.98 Å². The number of likely N-dealkylation sites (tertiary alicyclic amines) is 2. The van der Waals surface area contributed by atoms with Gasteiger partial charge in [-0.3, -0.25) is 4.79 Å². The number of carbonyl (C=O) groups excluding carboxylic acids is 2. The fourth-order valence-electron chi connectivity index (χ4n) is 6.46. The maximum Gasteiger partial charge on any atom is 0.395 e. The van der Waals surface area contributed by atoms with Crippen molar-refractivity contribution in [2.75, 3.05) is 39.9 Å². The van der Waals surface area contributed by atoms with Gasteiger partial charge in [-0.25, -0.2) is 14.2 Å². The average molecular weight is 592 g/mol. The van der Waals surface area contributed by atoms with Crippen molar-refractivity contribution in [1.82, 2.24) is 14.8 Å². The van der Waals surface area contributed by atoms with Crippen LogP contribution in [0.25, 0.3) is 11.1 Å². The second kappa shape index (κ2) is 11.8. The van der Waals surface area contributed by atoms with E-state index in [1.807, 2.05) is 4.90 Å². The van der Waals surface area contributed by atoms with Crippen molar-refractivity contribution < 1.29 is 36.6 Å². The molecule has 42 heavy (non-hydrogen) atoms. The van der Waals surface area contributed by atoms with E-state index in [4.69, 9.17) is 9.47 Å². The minimum absolute atomic E-state index is 0.0872. The Labute approximate surface area is 243 Å². The number of rotatable bonds is 8. The van der Waals surface area contributed by atoms with E-state index in [9.17, 15) is 22.8 Å². The molecule has 1 aliphatic carbocycles. The molecule has 11 heteroatoms. The van der Waals surface area contributed by atoms with Gasteiger partial charge in [0.15, 0.2) is 0 Å². The Bertz CT molecular complexity index is 1290. The largest absolute Gasteiger partial charge is 0.477 e. The van der Waals surface area contributed by atoms with E-state index in [1.54, 1.807) is 19.1 Å². The van der Waals surface area contributed by atoms with Gasteiger partial charge in [-0.2, -0.15) is 13.2 Å². The number of benzene rings is 1. The van der Waals surface area contributed by atoms with Gasteiger partial charge >= 0.3 is 12.1 Å². The number of alkyl halides is 3. The zero-order valence-electron chi connectivity index (χ0n) is 24.0. The molecule has 1 unspecified atom stereocenters. The van der Waals surface area contributed by atoms with Crippen LogP contribution >= 0.6 is 0 Å². The molecule has 0 radical (unpaired) electrons. The molecule has 1 atom stereocenters. The number of carbonyl (C=O) groups is 2. The Morgan fingerprint density at radius 3 is 2.36 bits per heavy atom. The molecule has 2 aliphatic heterocycles. The predicted molar refractivity (Wildman–Crippen MR) is 147 cm³/mol. The highest BCUT2D eigenvalue weighted by atomic mass is 19.4. The highest BCUT2D eigenvalue weighted by molar-refractivity contribution is 5.98. The Kier molecular flexibility index (Phi) is 8.51. The van der Waals surface area contributed by atoms with E-state index in [1.165, 1.54) is 36.4 Å². The first-order chi connectivity index (χ1) is 20.0. The summed E-state index contributed by atoms with van der Waals surface area (Å²) in [7, 11) is 1.28. The normalized spacial score (nSPS) is 23.0. The Morgan fingerprint density at radius 1 is 1.05 bits per heavy atom. The van der Waals surface area contributed by atoms with Gasteiger partial charge in [0.25, 0.3) is 5.91 Å². The molecule has 7 nitrogen and oxygen atoms in total. The van der Waals surface area contributed by atoms with Crippen molar-refractivity contribution in [3.05, 3.63) is 47.9 Å². The van der Waals surface area contributed by atoms with Crippen molar-refractivity contribution >= 4 is 11.9 Å². The molecule has 0 spiro atoms. The fraction of sp³-hybridized carbons (Fsp3) is 0.581. The van der Waals surface area contributed by atoms with Crippen LogP contribution < -0.4 is 4.74 Å². The van der Waals surface area contributed by atoms with Crippen LogP contribution in [-0.2, 0) is 9.53 Å². The molecule has 3 aliphatic rings. The fourth-order valence-corrected chi connectivity index (χ4v) is 6.46. The molecule has 228 valence electrons. The number of amides is 1. The van der Waals surface area contributed by atoms with Gasteiger partial charge < -0.3 is 19.3 Å². The third-order valence-electron chi connectivity index (χ3n) is 9.39. The van der Waals surface area contributed by atoms with E-state index in [-0.39, 0.29) is 36.4 Å². The molecular formula is C31H37F4N3O4. The third-order valence-corrected chi connectivity index (χ3v) is 9.39. The molecule has 3 heterocycles. The minimum atomic E-state index is -4.15. The number of ether oxygens (including phenoxy) is 2. The summed E-state index contributed by atoms with van der Waals surface area (Å²) in [5.41, 5.74) is -1.67. The first-order valence-electron chi connectivity index (χ1n) is 14.5. The number of aromatic nitrogens is 1.